The fraction of sp³-hybridized carbons (Fsp3) is 0.458. The molecule has 10 heteroatoms. The fourth-order valence-corrected chi connectivity index (χ4v) is 5.94. The van der Waals surface area contributed by atoms with Crippen molar-refractivity contribution in [2.75, 3.05) is 13.2 Å². The minimum absolute atomic E-state index is 0.234. The monoisotopic (exact) mass is 494 g/mol. The van der Waals surface area contributed by atoms with Crippen molar-refractivity contribution in [3.05, 3.63) is 59.9 Å². The molecule has 3 aliphatic rings. The number of likely N-dealkylation sites (tertiary alicyclic amines) is 1. The minimum atomic E-state index is -4.85. The Balaban J connectivity index is 1.47. The third-order valence-corrected chi connectivity index (χ3v) is 8.19. The molecule has 2 heterocycles. The first-order valence-corrected chi connectivity index (χ1v) is 12.8. The fourth-order valence-electron chi connectivity index (χ4n) is 5.08. The molecule has 0 aromatic heterocycles. The van der Waals surface area contributed by atoms with Crippen LogP contribution in [0.1, 0.15) is 24.8 Å². The molecular weight excluding hydrogens is 469 g/mol. The molecule has 1 N–H and O–H groups in total. The van der Waals surface area contributed by atoms with Crippen molar-refractivity contribution in [2.24, 2.45) is 5.41 Å². The van der Waals surface area contributed by atoms with Crippen molar-refractivity contribution in [3.8, 4) is 11.1 Å². The molecule has 34 heavy (non-hydrogen) atoms. The molecule has 0 radical (unpaired) electrons. The number of rotatable bonds is 7. The van der Waals surface area contributed by atoms with Crippen molar-refractivity contribution in [1.82, 2.24) is 9.62 Å². The number of sulfonamides is 1. The standard InChI is InChI=1S/C24H25F3N2O4S/c25-18-6-2-5-17(13-18)16-4-1-3-15(11-16)12-19-21(28-34(31,32)23(26)27)24(8-9-24)14-29(19)22(30)20-7-10-33-20/h1-6,11,13,19-21,23,28H,7-10,12,14H2/t19-,20?,21+/m0/s1. The molecular formula is C24H25F3N2O4S. The molecule has 1 amide bonds. The van der Waals surface area contributed by atoms with E-state index in [4.69, 9.17) is 4.74 Å². The Kier molecular flexibility index (Phi) is 5.94. The Morgan fingerprint density at radius 3 is 2.41 bits per heavy atom. The Morgan fingerprint density at radius 2 is 1.82 bits per heavy atom. The van der Waals surface area contributed by atoms with Gasteiger partial charge in [-0.05, 0) is 48.1 Å². The highest BCUT2D eigenvalue weighted by Crippen LogP contribution is 2.56. The first-order valence-electron chi connectivity index (χ1n) is 11.2. The number of ether oxygens (including phenoxy) is 1. The quantitative estimate of drug-likeness (QED) is 0.641. The lowest BCUT2D eigenvalue weighted by Gasteiger charge is -2.34. The van der Waals surface area contributed by atoms with Crippen LogP contribution in [-0.2, 0) is 26.0 Å². The van der Waals surface area contributed by atoms with Gasteiger partial charge in [0.1, 0.15) is 11.9 Å². The maximum Gasteiger partial charge on any atom is 0.350 e. The van der Waals surface area contributed by atoms with Crippen LogP contribution in [0.3, 0.4) is 0 Å². The normalized spacial score (nSPS) is 25.5. The molecule has 6 nitrogen and oxygen atoms in total. The Hall–Kier alpha value is -2.43. The molecule has 2 saturated heterocycles. The molecule has 2 aromatic carbocycles. The van der Waals surface area contributed by atoms with E-state index < -0.39 is 39.4 Å². The van der Waals surface area contributed by atoms with E-state index >= 15 is 0 Å². The summed E-state index contributed by atoms with van der Waals surface area (Å²) in [5, 5.41) is 0. The van der Waals surface area contributed by atoms with Crippen LogP contribution < -0.4 is 4.72 Å². The number of hydrogen-bond acceptors (Lipinski definition) is 4. The van der Waals surface area contributed by atoms with Gasteiger partial charge in [0, 0.05) is 24.4 Å². The van der Waals surface area contributed by atoms with Crippen LogP contribution in [0, 0.1) is 11.2 Å². The first-order chi connectivity index (χ1) is 16.2. The predicted octanol–water partition coefficient (Wildman–Crippen LogP) is 3.33. The number of alkyl halides is 2. The number of carbonyl (C=O) groups excluding carboxylic acids is 1. The lowest BCUT2D eigenvalue weighted by atomic mass is 9.91. The molecule has 0 bridgehead atoms. The number of nitrogens with zero attached hydrogens (tertiary/aromatic N) is 1. The number of amides is 1. The molecule has 182 valence electrons. The molecule has 1 spiro atoms. The molecule has 2 aromatic rings. The Labute approximate surface area is 196 Å². The summed E-state index contributed by atoms with van der Waals surface area (Å²) in [7, 11) is -4.85. The third-order valence-electron chi connectivity index (χ3n) is 7.14. The maximum atomic E-state index is 13.7. The number of hydrogen-bond donors (Lipinski definition) is 1. The van der Waals surface area contributed by atoms with E-state index in [0.717, 1.165) is 11.1 Å². The van der Waals surface area contributed by atoms with Crippen molar-refractivity contribution >= 4 is 15.9 Å². The lowest BCUT2D eigenvalue weighted by molar-refractivity contribution is -0.157. The van der Waals surface area contributed by atoms with Gasteiger partial charge in [-0.3, -0.25) is 4.79 Å². The van der Waals surface area contributed by atoms with E-state index in [1.807, 2.05) is 18.2 Å². The average Bonchev–Trinajstić information content (AvgIpc) is 3.48. The van der Waals surface area contributed by atoms with Gasteiger partial charge in [0.05, 0.1) is 12.6 Å². The maximum absolute atomic E-state index is 13.7. The predicted molar refractivity (Wildman–Crippen MR) is 119 cm³/mol. The molecule has 1 unspecified atom stereocenters. The van der Waals surface area contributed by atoms with Gasteiger partial charge < -0.3 is 9.64 Å². The van der Waals surface area contributed by atoms with E-state index in [0.29, 0.717) is 38.0 Å². The minimum Gasteiger partial charge on any atom is -0.368 e. The molecule has 3 fully saturated rings. The Morgan fingerprint density at radius 1 is 1.15 bits per heavy atom. The highest BCUT2D eigenvalue weighted by molar-refractivity contribution is 7.89. The molecule has 3 atom stereocenters. The zero-order valence-corrected chi connectivity index (χ0v) is 19.1. The van der Waals surface area contributed by atoms with Gasteiger partial charge in [-0.1, -0.05) is 36.4 Å². The molecule has 2 aliphatic heterocycles. The van der Waals surface area contributed by atoms with Crippen molar-refractivity contribution < 1.29 is 31.1 Å². The van der Waals surface area contributed by atoms with Gasteiger partial charge in [-0.15, -0.1) is 0 Å². The van der Waals surface area contributed by atoms with E-state index in [1.165, 1.54) is 12.1 Å². The summed E-state index contributed by atoms with van der Waals surface area (Å²) in [5.41, 5.74) is 1.68. The van der Waals surface area contributed by atoms with Crippen LogP contribution in [0.15, 0.2) is 48.5 Å². The third kappa shape index (κ3) is 4.34. The van der Waals surface area contributed by atoms with Gasteiger partial charge in [-0.25, -0.2) is 17.5 Å². The van der Waals surface area contributed by atoms with E-state index in [2.05, 4.69) is 4.72 Å². The second kappa shape index (κ2) is 8.66. The van der Waals surface area contributed by atoms with E-state index in [9.17, 15) is 26.4 Å². The summed E-state index contributed by atoms with van der Waals surface area (Å²) >= 11 is 0. The zero-order valence-electron chi connectivity index (χ0n) is 18.3. The SMILES string of the molecule is O=C(C1CCO1)N1CC2(CC2)[C@H](NS(=O)(=O)C(F)F)[C@@H]1Cc1cccc(-c2cccc(F)c2)c1. The average molecular weight is 495 g/mol. The van der Waals surface area contributed by atoms with Crippen LogP contribution in [0.2, 0.25) is 0 Å². The topological polar surface area (TPSA) is 75.7 Å². The number of carbonyl (C=O) groups is 1. The van der Waals surface area contributed by atoms with Crippen LogP contribution in [-0.4, -0.2) is 56.3 Å². The van der Waals surface area contributed by atoms with Crippen LogP contribution in [0.4, 0.5) is 13.2 Å². The summed E-state index contributed by atoms with van der Waals surface area (Å²) in [6.07, 6.45) is 1.57. The molecule has 1 aliphatic carbocycles. The van der Waals surface area contributed by atoms with Crippen LogP contribution in [0.5, 0.6) is 0 Å². The summed E-state index contributed by atoms with van der Waals surface area (Å²) in [6, 6.07) is 12.0. The smallest absolute Gasteiger partial charge is 0.350 e. The summed E-state index contributed by atoms with van der Waals surface area (Å²) < 4.78 is 72.0. The summed E-state index contributed by atoms with van der Waals surface area (Å²) in [4.78, 5) is 14.8. The molecule has 5 rings (SSSR count). The van der Waals surface area contributed by atoms with Gasteiger partial charge in [0.25, 0.3) is 15.9 Å². The second-order valence-corrected chi connectivity index (χ2v) is 11.0. The first kappa shape index (κ1) is 23.3. The number of halogens is 3. The largest absolute Gasteiger partial charge is 0.368 e. The summed E-state index contributed by atoms with van der Waals surface area (Å²) in [5.74, 6) is -4.16. The highest BCUT2D eigenvalue weighted by Gasteiger charge is 2.62. The lowest BCUT2D eigenvalue weighted by Crippen LogP contribution is -2.53. The van der Waals surface area contributed by atoms with Gasteiger partial charge in [0.15, 0.2) is 0 Å². The number of benzene rings is 2. The van der Waals surface area contributed by atoms with Crippen molar-refractivity contribution in [3.63, 3.8) is 0 Å². The van der Waals surface area contributed by atoms with Crippen molar-refractivity contribution in [2.45, 2.75) is 49.6 Å². The van der Waals surface area contributed by atoms with E-state index in [1.54, 1.807) is 23.1 Å². The van der Waals surface area contributed by atoms with Crippen molar-refractivity contribution in [1.29, 1.82) is 0 Å². The van der Waals surface area contributed by atoms with Crippen LogP contribution in [0.25, 0.3) is 11.1 Å². The Bertz CT molecular complexity index is 1200. The van der Waals surface area contributed by atoms with Crippen LogP contribution >= 0.6 is 0 Å². The van der Waals surface area contributed by atoms with Gasteiger partial charge >= 0.3 is 5.76 Å². The molecule has 1 saturated carbocycles. The second-order valence-electron chi connectivity index (χ2n) is 9.36. The van der Waals surface area contributed by atoms with Gasteiger partial charge in [0.2, 0.25) is 0 Å². The summed E-state index contributed by atoms with van der Waals surface area (Å²) in [6.45, 7) is 0.785. The van der Waals surface area contributed by atoms with Gasteiger partial charge in [-0.2, -0.15) is 8.78 Å². The number of nitrogens with one attached hydrogen (secondary N) is 1. The zero-order chi connectivity index (χ0) is 24.1. The van der Waals surface area contributed by atoms with E-state index in [-0.39, 0.29) is 18.1 Å². The highest BCUT2D eigenvalue weighted by atomic mass is 32.2.